The molecule has 7 nitrogen and oxygen atoms in total. The summed E-state index contributed by atoms with van der Waals surface area (Å²) in [5.74, 6) is 0. The van der Waals surface area contributed by atoms with Crippen LogP contribution in [0.4, 0.5) is 0 Å². The van der Waals surface area contributed by atoms with E-state index < -0.39 is 16.5 Å². The topological polar surface area (TPSA) is 118 Å². The highest BCUT2D eigenvalue weighted by atomic mass is 32.8. The predicted molar refractivity (Wildman–Crippen MR) is 117 cm³/mol. The van der Waals surface area contributed by atoms with E-state index in [4.69, 9.17) is 35.5 Å². The SMILES string of the molecule is CCCCCCCC=Cc1ccccc1S(=O)(=S)N(C)CCO.O=P(O)(O)O. The highest BCUT2D eigenvalue weighted by molar-refractivity contribution is 8.31. The fourth-order valence-corrected chi connectivity index (χ4v) is 4.38. The van der Waals surface area contributed by atoms with Crippen molar-refractivity contribution >= 4 is 33.8 Å². The van der Waals surface area contributed by atoms with Crippen LogP contribution in [0.15, 0.2) is 35.2 Å². The summed E-state index contributed by atoms with van der Waals surface area (Å²) in [6, 6.07) is 7.56. The molecule has 0 spiro atoms. The van der Waals surface area contributed by atoms with Crippen molar-refractivity contribution < 1.29 is 28.6 Å². The van der Waals surface area contributed by atoms with E-state index in [9.17, 15) is 4.21 Å². The third-order valence-electron chi connectivity index (χ3n) is 3.79. The second-order valence-corrected chi connectivity index (χ2v) is 10.6. The first kappa shape index (κ1) is 27.4. The first-order valence-corrected chi connectivity index (χ1v) is 13.2. The van der Waals surface area contributed by atoms with Crippen molar-refractivity contribution in [3.05, 3.63) is 35.9 Å². The van der Waals surface area contributed by atoms with Crippen molar-refractivity contribution in [1.29, 1.82) is 0 Å². The molecule has 0 aromatic heterocycles. The fourth-order valence-electron chi connectivity index (χ4n) is 2.36. The Labute approximate surface area is 173 Å². The molecule has 0 aliphatic rings. The lowest BCUT2D eigenvalue weighted by Crippen LogP contribution is -2.29. The zero-order chi connectivity index (χ0) is 21.6. The second-order valence-electron chi connectivity index (χ2n) is 6.21. The Kier molecular flexibility index (Phi) is 14.0. The maximum Gasteiger partial charge on any atom is 0.466 e. The molecule has 162 valence electrons. The van der Waals surface area contributed by atoms with Crippen molar-refractivity contribution in [2.75, 3.05) is 20.2 Å². The predicted octanol–water partition coefficient (Wildman–Crippen LogP) is 3.08. The molecule has 0 saturated carbocycles. The van der Waals surface area contributed by atoms with Gasteiger partial charge in [0.1, 0.15) is 8.68 Å². The number of likely N-dealkylation sites (N-methyl/N-ethyl adjacent to an activating group) is 1. The molecule has 0 amide bonds. The van der Waals surface area contributed by atoms with E-state index in [-0.39, 0.29) is 6.61 Å². The van der Waals surface area contributed by atoms with Crippen molar-refractivity contribution in [1.82, 2.24) is 4.31 Å². The van der Waals surface area contributed by atoms with Gasteiger partial charge in [-0.05, 0) is 24.5 Å². The molecule has 0 aliphatic heterocycles. The summed E-state index contributed by atoms with van der Waals surface area (Å²) in [6.07, 6.45) is 11.5. The summed E-state index contributed by atoms with van der Waals surface area (Å²) in [5.41, 5.74) is 0.908. The summed E-state index contributed by atoms with van der Waals surface area (Å²) in [5, 5.41) is 9.05. The molecule has 0 saturated heterocycles. The number of phosphoric acid groups is 1. The lowest BCUT2D eigenvalue weighted by molar-refractivity contribution is 0.270. The number of allylic oxidation sites excluding steroid dienone is 1. The average molecular weight is 454 g/mol. The van der Waals surface area contributed by atoms with Crippen LogP contribution in [0, 0.1) is 0 Å². The summed E-state index contributed by atoms with van der Waals surface area (Å²) < 4.78 is 23.3. The van der Waals surface area contributed by atoms with E-state index in [0.717, 1.165) is 12.0 Å². The molecule has 0 bridgehead atoms. The van der Waals surface area contributed by atoms with Gasteiger partial charge >= 0.3 is 7.82 Å². The number of hydrogen-bond donors (Lipinski definition) is 4. The highest BCUT2D eigenvalue weighted by Gasteiger charge is 2.18. The van der Waals surface area contributed by atoms with Crippen LogP contribution in [-0.2, 0) is 24.4 Å². The molecular formula is C18H32NO6PS2. The fraction of sp³-hybridized carbons (Fsp3) is 0.556. The Hall–Kier alpha value is -0.640. The monoisotopic (exact) mass is 453 g/mol. The zero-order valence-electron chi connectivity index (χ0n) is 16.4. The zero-order valence-corrected chi connectivity index (χ0v) is 19.0. The molecule has 28 heavy (non-hydrogen) atoms. The van der Waals surface area contributed by atoms with Crippen LogP contribution in [0.25, 0.3) is 6.08 Å². The molecule has 1 rings (SSSR count). The molecule has 4 N–H and O–H groups in total. The van der Waals surface area contributed by atoms with E-state index in [1.165, 1.54) is 32.1 Å². The van der Waals surface area contributed by atoms with Crippen molar-refractivity contribution in [3.63, 3.8) is 0 Å². The number of unbranched alkanes of at least 4 members (excludes halogenated alkanes) is 5. The number of aliphatic hydroxyl groups excluding tert-OH is 1. The molecule has 0 aliphatic carbocycles. The third kappa shape index (κ3) is 12.7. The number of aliphatic hydroxyl groups is 1. The first-order chi connectivity index (χ1) is 13.0. The maximum absolute atomic E-state index is 12.9. The van der Waals surface area contributed by atoms with Gasteiger partial charge in [-0.25, -0.2) is 13.1 Å². The van der Waals surface area contributed by atoms with Gasteiger partial charge in [0, 0.05) is 24.8 Å². The first-order valence-electron chi connectivity index (χ1n) is 9.15. The van der Waals surface area contributed by atoms with Gasteiger partial charge in [0.25, 0.3) is 0 Å². The Morgan fingerprint density at radius 2 is 1.71 bits per heavy atom. The minimum atomic E-state index is -4.64. The Morgan fingerprint density at radius 3 is 2.29 bits per heavy atom. The minimum Gasteiger partial charge on any atom is -0.395 e. The van der Waals surface area contributed by atoms with Crippen LogP contribution in [0.2, 0.25) is 0 Å². The normalized spacial score (nSPS) is 14.0. The van der Waals surface area contributed by atoms with E-state index in [1.54, 1.807) is 11.4 Å². The molecule has 10 heteroatoms. The van der Waals surface area contributed by atoms with Crippen LogP contribution in [0.1, 0.15) is 51.0 Å². The van der Waals surface area contributed by atoms with Crippen LogP contribution < -0.4 is 0 Å². The van der Waals surface area contributed by atoms with Crippen molar-refractivity contribution in [3.8, 4) is 0 Å². The number of nitrogens with zero attached hydrogens (tertiary/aromatic N) is 1. The molecule has 0 fully saturated rings. The summed E-state index contributed by atoms with van der Waals surface area (Å²) >= 11 is 5.34. The molecule has 1 aromatic rings. The van der Waals surface area contributed by atoms with E-state index >= 15 is 0 Å². The summed E-state index contributed by atoms with van der Waals surface area (Å²) in [4.78, 5) is 22.2. The van der Waals surface area contributed by atoms with Gasteiger partial charge in [0.05, 0.1) is 11.5 Å². The quantitative estimate of drug-likeness (QED) is 0.300. The molecule has 1 aromatic carbocycles. The molecule has 0 heterocycles. The Bertz CT molecular complexity index is 725. The van der Waals surface area contributed by atoms with E-state index in [0.29, 0.717) is 11.4 Å². The highest BCUT2D eigenvalue weighted by Crippen LogP contribution is 2.25. The maximum atomic E-state index is 12.9. The molecular weight excluding hydrogens is 421 g/mol. The smallest absolute Gasteiger partial charge is 0.395 e. The van der Waals surface area contributed by atoms with Gasteiger partial charge in [-0.15, -0.1) is 0 Å². The van der Waals surface area contributed by atoms with Gasteiger partial charge in [-0.3, -0.25) is 0 Å². The third-order valence-corrected chi connectivity index (χ3v) is 7.03. The van der Waals surface area contributed by atoms with Gasteiger partial charge in [-0.2, -0.15) is 0 Å². The number of benzene rings is 1. The van der Waals surface area contributed by atoms with Crippen molar-refractivity contribution in [2.24, 2.45) is 0 Å². The Balaban J connectivity index is 0.00000129. The molecule has 0 radical (unpaired) electrons. The largest absolute Gasteiger partial charge is 0.466 e. The van der Waals surface area contributed by atoms with Gasteiger partial charge in [-0.1, -0.05) is 63.0 Å². The lowest BCUT2D eigenvalue weighted by atomic mass is 10.1. The van der Waals surface area contributed by atoms with Crippen LogP contribution in [-0.4, -0.2) is 48.5 Å². The summed E-state index contributed by atoms with van der Waals surface area (Å²) in [7, 11) is -5.68. The van der Waals surface area contributed by atoms with Gasteiger partial charge < -0.3 is 19.8 Å². The second kappa shape index (κ2) is 14.4. The number of hydrogen-bond acceptors (Lipinski definition) is 4. The van der Waals surface area contributed by atoms with E-state index in [2.05, 4.69) is 13.0 Å². The standard InChI is InChI=1S/C18H29NO2S2.H3O4P/c1-3-4-5-6-7-8-9-12-17-13-10-11-14-18(17)23(21,22)19(2)15-16-20;1-5(2,3)4/h9-14,20H,3-8,15-16H2,1-2H3;(H3,1,2,3,4). The Morgan fingerprint density at radius 1 is 1.14 bits per heavy atom. The van der Waals surface area contributed by atoms with Gasteiger partial charge in [0.15, 0.2) is 0 Å². The lowest BCUT2D eigenvalue weighted by Gasteiger charge is -2.20. The summed E-state index contributed by atoms with van der Waals surface area (Å²) in [6.45, 7) is 2.47. The number of rotatable bonds is 11. The minimum absolute atomic E-state index is 0.0557. The average Bonchev–Trinajstić information content (AvgIpc) is 2.60. The molecule has 1 atom stereocenters. The van der Waals surface area contributed by atoms with E-state index in [1.807, 2.05) is 30.3 Å². The van der Waals surface area contributed by atoms with Crippen LogP contribution >= 0.6 is 7.82 Å². The van der Waals surface area contributed by atoms with Crippen LogP contribution in [0.5, 0.6) is 0 Å². The van der Waals surface area contributed by atoms with Crippen LogP contribution in [0.3, 0.4) is 0 Å². The van der Waals surface area contributed by atoms with Crippen molar-refractivity contribution in [2.45, 2.75) is 50.3 Å². The molecule has 1 unspecified atom stereocenters. The van der Waals surface area contributed by atoms with Gasteiger partial charge in [0.2, 0.25) is 0 Å².